The van der Waals surface area contributed by atoms with Crippen molar-refractivity contribution in [3.05, 3.63) is 33.8 Å². The molecule has 1 aliphatic rings. The molecule has 2 nitrogen and oxygen atoms in total. The molecule has 1 fully saturated rings. The standard InChI is InChI=1S/C14H17Cl2NO/c1-9-4-2-5-10(8-9)17-14(18)11-6-3-7-12(15)13(11)16/h3,6-7,9-10H,2,4-5,8H2,1H3,(H,17,18). The molecule has 1 aromatic rings. The maximum Gasteiger partial charge on any atom is 0.253 e. The van der Waals surface area contributed by atoms with E-state index in [-0.39, 0.29) is 11.9 Å². The van der Waals surface area contributed by atoms with E-state index in [4.69, 9.17) is 23.2 Å². The molecule has 0 heterocycles. The molecule has 2 unspecified atom stereocenters. The van der Waals surface area contributed by atoms with Crippen LogP contribution < -0.4 is 5.32 Å². The Balaban J connectivity index is 2.05. The zero-order chi connectivity index (χ0) is 13.1. The molecule has 2 atom stereocenters. The molecule has 0 saturated heterocycles. The molecule has 1 aliphatic carbocycles. The van der Waals surface area contributed by atoms with Crippen LogP contribution in [0.15, 0.2) is 18.2 Å². The van der Waals surface area contributed by atoms with Crippen LogP contribution in [0.1, 0.15) is 43.0 Å². The lowest BCUT2D eigenvalue weighted by Gasteiger charge is -2.27. The molecule has 0 radical (unpaired) electrons. The van der Waals surface area contributed by atoms with Gasteiger partial charge in [0, 0.05) is 6.04 Å². The Morgan fingerprint density at radius 2 is 2.11 bits per heavy atom. The van der Waals surface area contributed by atoms with Crippen LogP contribution in [0.25, 0.3) is 0 Å². The first-order valence-electron chi connectivity index (χ1n) is 6.33. The fraction of sp³-hybridized carbons (Fsp3) is 0.500. The molecular formula is C14H17Cl2NO. The number of hydrogen-bond acceptors (Lipinski definition) is 1. The van der Waals surface area contributed by atoms with E-state index in [2.05, 4.69) is 12.2 Å². The van der Waals surface area contributed by atoms with Crippen molar-refractivity contribution >= 4 is 29.1 Å². The smallest absolute Gasteiger partial charge is 0.253 e. The second kappa shape index (κ2) is 5.94. The topological polar surface area (TPSA) is 29.1 Å². The summed E-state index contributed by atoms with van der Waals surface area (Å²) in [6.45, 7) is 2.23. The van der Waals surface area contributed by atoms with Crippen LogP contribution in [-0.4, -0.2) is 11.9 Å². The van der Waals surface area contributed by atoms with E-state index in [1.165, 1.54) is 12.8 Å². The lowest BCUT2D eigenvalue weighted by molar-refractivity contribution is 0.0921. The van der Waals surface area contributed by atoms with Gasteiger partial charge in [-0.25, -0.2) is 0 Å². The molecular weight excluding hydrogens is 269 g/mol. The summed E-state index contributed by atoms with van der Waals surface area (Å²) < 4.78 is 0. The van der Waals surface area contributed by atoms with Crippen LogP contribution in [0, 0.1) is 5.92 Å². The SMILES string of the molecule is CC1CCCC(NC(=O)c2cccc(Cl)c2Cl)C1. The van der Waals surface area contributed by atoms with Gasteiger partial charge in [-0.1, -0.05) is 49.0 Å². The predicted molar refractivity (Wildman–Crippen MR) is 75.3 cm³/mol. The number of carbonyl (C=O) groups is 1. The van der Waals surface area contributed by atoms with E-state index >= 15 is 0 Å². The normalized spacial score (nSPS) is 23.7. The average Bonchev–Trinajstić information content (AvgIpc) is 2.32. The second-order valence-electron chi connectivity index (χ2n) is 5.04. The fourth-order valence-corrected chi connectivity index (χ4v) is 2.89. The minimum Gasteiger partial charge on any atom is -0.349 e. The van der Waals surface area contributed by atoms with Gasteiger partial charge in [-0.2, -0.15) is 0 Å². The van der Waals surface area contributed by atoms with Gasteiger partial charge in [0.15, 0.2) is 0 Å². The maximum atomic E-state index is 12.1. The van der Waals surface area contributed by atoms with Crippen molar-refractivity contribution in [2.45, 2.75) is 38.6 Å². The molecule has 0 spiro atoms. The molecule has 1 amide bonds. The summed E-state index contributed by atoms with van der Waals surface area (Å²) in [4.78, 5) is 12.1. The molecule has 1 N–H and O–H groups in total. The first kappa shape index (κ1) is 13.7. The van der Waals surface area contributed by atoms with E-state index in [1.807, 2.05) is 0 Å². The summed E-state index contributed by atoms with van der Waals surface area (Å²) in [5.74, 6) is 0.556. The van der Waals surface area contributed by atoms with Gasteiger partial charge in [-0.05, 0) is 30.9 Å². The molecule has 4 heteroatoms. The Bertz CT molecular complexity index is 447. The van der Waals surface area contributed by atoms with E-state index < -0.39 is 0 Å². The van der Waals surface area contributed by atoms with Gasteiger partial charge in [0.05, 0.1) is 15.6 Å². The predicted octanol–water partition coefficient (Wildman–Crippen LogP) is 4.30. The van der Waals surface area contributed by atoms with E-state index in [0.29, 0.717) is 21.5 Å². The monoisotopic (exact) mass is 285 g/mol. The lowest BCUT2D eigenvalue weighted by Crippen LogP contribution is -2.38. The Kier molecular flexibility index (Phi) is 4.52. The Morgan fingerprint density at radius 3 is 2.83 bits per heavy atom. The maximum absolute atomic E-state index is 12.1. The fourth-order valence-electron chi connectivity index (χ4n) is 2.51. The largest absolute Gasteiger partial charge is 0.349 e. The van der Waals surface area contributed by atoms with E-state index in [9.17, 15) is 4.79 Å². The van der Waals surface area contributed by atoms with Gasteiger partial charge in [-0.3, -0.25) is 4.79 Å². The summed E-state index contributed by atoms with van der Waals surface area (Å²) in [6.07, 6.45) is 4.53. The number of benzene rings is 1. The summed E-state index contributed by atoms with van der Waals surface area (Å²) in [7, 11) is 0. The average molecular weight is 286 g/mol. The summed E-state index contributed by atoms with van der Waals surface area (Å²) in [6, 6.07) is 5.39. The molecule has 0 aromatic heterocycles. The quantitative estimate of drug-likeness (QED) is 0.862. The van der Waals surface area contributed by atoms with Gasteiger partial charge in [0.1, 0.15) is 0 Å². The number of hydrogen-bond donors (Lipinski definition) is 1. The van der Waals surface area contributed by atoms with E-state index in [1.54, 1.807) is 18.2 Å². The van der Waals surface area contributed by atoms with Crippen LogP contribution in [-0.2, 0) is 0 Å². The van der Waals surface area contributed by atoms with Gasteiger partial charge in [0.2, 0.25) is 0 Å². The minimum absolute atomic E-state index is 0.124. The van der Waals surface area contributed by atoms with Crippen molar-refractivity contribution < 1.29 is 4.79 Å². The van der Waals surface area contributed by atoms with Gasteiger partial charge in [0.25, 0.3) is 5.91 Å². The summed E-state index contributed by atoms with van der Waals surface area (Å²) in [5.41, 5.74) is 0.461. The molecule has 18 heavy (non-hydrogen) atoms. The van der Waals surface area contributed by atoms with Gasteiger partial charge < -0.3 is 5.32 Å². The van der Waals surface area contributed by atoms with Crippen molar-refractivity contribution in [3.8, 4) is 0 Å². The third-order valence-corrected chi connectivity index (χ3v) is 4.29. The van der Waals surface area contributed by atoms with Crippen molar-refractivity contribution in [1.82, 2.24) is 5.32 Å². The van der Waals surface area contributed by atoms with Crippen LogP contribution in [0.5, 0.6) is 0 Å². The molecule has 0 bridgehead atoms. The van der Waals surface area contributed by atoms with Crippen LogP contribution in [0.2, 0.25) is 10.0 Å². The van der Waals surface area contributed by atoms with Crippen molar-refractivity contribution in [2.75, 3.05) is 0 Å². The lowest BCUT2D eigenvalue weighted by atomic mass is 9.87. The van der Waals surface area contributed by atoms with Crippen LogP contribution >= 0.6 is 23.2 Å². The highest BCUT2D eigenvalue weighted by molar-refractivity contribution is 6.43. The molecule has 1 saturated carbocycles. The van der Waals surface area contributed by atoms with Crippen molar-refractivity contribution in [1.29, 1.82) is 0 Å². The first-order valence-corrected chi connectivity index (χ1v) is 7.08. The highest BCUT2D eigenvalue weighted by Gasteiger charge is 2.22. The third kappa shape index (κ3) is 3.18. The Morgan fingerprint density at radius 1 is 1.33 bits per heavy atom. The third-order valence-electron chi connectivity index (χ3n) is 3.47. The van der Waals surface area contributed by atoms with E-state index in [0.717, 1.165) is 12.8 Å². The Labute approximate surface area is 118 Å². The van der Waals surface area contributed by atoms with Gasteiger partial charge in [-0.15, -0.1) is 0 Å². The van der Waals surface area contributed by atoms with Gasteiger partial charge >= 0.3 is 0 Å². The minimum atomic E-state index is -0.124. The first-order chi connectivity index (χ1) is 8.58. The molecule has 0 aliphatic heterocycles. The van der Waals surface area contributed by atoms with Crippen LogP contribution in [0.4, 0.5) is 0 Å². The van der Waals surface area contributed by atoms with Crippen LogP contribution in [0.3, 0.4) is 0 Å². The number of rotatable bonds is 2. The number of nitrogens with one attached hydrogen (secondary N) is 1. The second-order valence-corrected chi connectivity index (χ2v) is 5.83. The van der Waals surface area contributed by atoms with Crippen molar-refractivity contribution in [2.24, 2.45) is 5.92 Å². The Hall–Kier alpha value is -0.730. The number of halogens is 2. The summed E-state index contributed by atoms with van der Waals surface area (Å²) >= 11 is 12.0. The highest BCUT2D eigenvalue weighted by Crippen LogP contribution is 2.27. The zero-order valence-electron chi connectivity index (χ0n) is 10.4. The number of carbonyl (C=O) groups excluding carboxylic acids is 1. The molecule has 98 valence electrons. The summed E-state index contributed by atoms with van der Waals surface area (Å²) in [5, 5.41) is 3.80. The molecule has 1 aromatic carbocycles. The number of amides is 1. The molecule has 2 rings (SSSR count). The highest BCUT2D eigenvalue weighted by atomic mass is 35.5. The zero-order valence-corrected chi connectivity index (χ0v) is 11.9. The van der Waals surface area contributed by atoms with Crippen molar-refractivity contribution in [3.63, 3.8) is 0 Å².